The molecule has 0 radical (unpaired) electrons. The van der Waals surface area contributed by atoms with Gasteiger partial charge in [0.05, 0.1) is 28.8 Å². The van der Waals surface area contributed by atoms with Crippen LogP contribution in [0.1, 0.15) is 23.7 Å². The number of thioether (sulfide) groups is 1. The molecule has 0 fully saturated rings. The third-order valence-corrected chi connectivity index (χ3v) is 5.26. The Morgan fingerprint density at radius 1 is 1.57 bits per heavy atom. The molecular formula is C16H15N3OS. The van der Waals surface area contributed by atoms with Crippen molar-refractivity contribution in [2.24, 2.45) is 0 Å². The standard InChI is InChI=1S/C16H15N3OS/c1-2-5-16(10-19-7-6-18-11-19)15(20)13-8-12(9-17)3-4-14(13)21-16/h2-4,6-8,11,15,20H,1,5,10H2. The topological polar surface area (TPSA) is 61.8 Å². The van der Waals surface area contributed by atoms with Crippen LogP contribution in [0.4, 0.5) is 0 Å². The molecular weight excluding hydrogens is 282 g/mol. The fourth-order valence-corrected chi connectivity index (χ4v) is 4.27. The van der Waals surface area contributed by atoms with E-state index in [1.807, 2.05) is 22.9 Å². The fourth-order valence-electron chi connectivity index (χ4n) is 2.75. The summed E-state index contributed by atoms with van der Waals surface area (Å²) in [5, 5.41) is 19.9. The van der Waals surface area contributed by atoms with Crippen molar-refractivity contribution in [3.63, 3.8) is 0 Å². The lowest BCUT2D eigenvalue weighted by molar-refractivity contribution is 0.123. The van der Waals surface area contributed by atoms with Crippen molar-refractivity contribution in [3.8, 4) is 6.07 Å². The van der Waals surface area contributed by atoms with E-state index in [2.05, 4.69) is 17.6 Å². The normalized spacial score (nSPS) is 23.5. The Morgan fingerprint density at radius 3 is 3.10 bits per heavy atom. The van der Waals surface area contributed by atoms with Crippen LogP contribution in [0.2, 0.25) is 0 Å². The Morgan fingerprint density at radius 2 is 2.43 bits per heavy atom. The molecule has 0 saturated heterocycles. The van der Waals surface area contributed by atoms with Crippen molar-refractivity contribution >= 4 is 11.8 Å². The van der Waals surface area contributed by atoms with Crippen LogP contribution in [0.25, 0.3) is 0 Å². The highest BCUT2D eigenvalue weighted by atomic mass is 32.2. The molecule has 1 aliphatic rings. The summed E-state index contributed by atoms with van der Waals surface area (Å²) < 4.78 is 1.57. The van der Waals surface area contributed by atoms with Crippen LogP contribution >= 0.6 is 11.8 Å². The number of fused-ring (bicyclic) bond motifs is 1. The van der Waals surface area contributed by atoms with E-state index in [1.54, 1.807) is 36.4 Å². The summed E-state index contributed by atoms with van der Waals surface area (Å²) in [5.74, 6) is 0. The van der Waals surface area contributed by atoms with E-state index in [4.69, 9.17) is 5.26 Å². The zero-order valence-electron chi connectivity index (χ0n) is 11.4. The molecule has 21 heavy (non-hydrogen) atoms. The van der Waals surface area contributed by atoms with E-state index in [0.717, 1.165) is 10.5 Å². The molecule has 0 aliphatic carbocycles. The van der Waals surface area contributed by atoms with Gasteiger partial charge in [-0.15, -0.1) is 18.3 Å². The molecule has 1 aromatic carbocycles. The van der Waals surface area contributed by atoms with E-state index >= 15 is 0 Å². The van der Waals surface area contributed by atoms with Gasteiger partial charge < -0.3 is 9.67 Å². The molecule has 106 valence electrons. The minimum atomic E-state index is -0.633. The van der Waals surface area contributed by atoms with Crippen molar-refractivity contribution in [2.75, 3.05) is 0 Å². The maximum atomic E-state index is 10.8. The first-order valence-corrected chi connectivity index (χ1v) is 7.48. The van der Waals surface area contributed by atoms with E-state index in [0.29, 0.717) is 18.5 Å². The number of nitrogens with zero attached hydrogens (tertiary/aromatic N) is 3. The van der Waals surface area contributed by atoms with Crippen molar-refractivity contribution in [3.05, 3.63) is 60.7 Å². The summed E-state index contributed by atoms with van der Waals surface area (Å²) in [4.78, 5) is 5.09. The van der Waals surface area contributed by atoms with Crippen molar-refractivity contribution in [2.45, 2.75) is 28.7 Å². The van der Waals surface area contributed by atoms with Gasteiger partial charge in [0.2, 0.25) is 0 Å². The third kappa shape index (κ3) is 2.37. The highest BCUT2D eigenvalue weighted by Crippen LogP contribution is 2.55. The van der Waals surface area contributed by atoms with Gasteiger partial charge in [-0.2, -0.15) is 5.26 Å². The first-order chi connectivity index (χ1) is 10.2. The molecule has 5 heteroatoms. The quantitative estimate of drug-likeness (QED) is 0.881. The molecule has 0 amide bonds. The highest BCUT2D eigenvalue weighted by molar-refractivity contribution is 8.01. The Labute approximate surface area is 127 Å². The van der Waals surface area contributed by atoms with Crippen LogP contribution in [-0.4, -0.2) is 19.4 Å². The van der Waals surface area contributed by atoms with Gasteiger partial charge in [0.15, 0.2) is 0 Å². The molecule has 2 atom stereocenters. The predicted molar refractivity (Wildman–Crippen MR) is 81.7 cm³/mol. The molecule has 2 aromatic rings. The molecule has 0 bridgehead atoms. The molecule has 1 N–H and O–H groups in total. The summed E-state index contributed by atoms with van der Waals surface area (Å²) in [6.07, 6.45) is 7.25. The van der Waals surface area contributed by atoms with E-state index in [-0.39, 0.29) is 0 Å². The summed E-state index contributed by atoms with van der Waals surface area (Å²) in [5.41, 5.74) is 1.41. The number of aliphatic hydroxyl groups is 1. The number of hydrogen-bond acceptors (Lipinski definition) is 4. The number of aromatic nitrogens is 2. The van der Waals surface area contributed by atoms with Crippen molar-refractivity contribution < 1.29 is 5.11 Å². The second-order valence-corrected chi connectivity index (χ2v) is 6.62. The number of allylic oxidation sites excluding steroid dienone is 1. The lowest BCUT2D eigenvalue weighted by Gasteiger charge is -2.31. The van der Waals surface area contributed by atoms with Crippen LogP contribution in [0.15, 0.2) is 54.5 Å². The van der Waals surface area contributed by atoms with Crippen molar-refractivity contribution in [1.29, 1.82) is 5.26 Å². The first-order valence-electron chi connectivity index (χ1n) is 6.66. The second-order valence-electron chi connectivity index (χ2n) is 5.16. The molecule has 4 nitrogen and oxygen atoms in total. The number of imidazole rings is 1. The lowest BCUT2D eigenvalue weighted by Crippen LogP contribution is -2.33. The van der Waals surface area contributed by atoms with Crippen LogP contribution in [0.3, 0.4) is 0 Å². The molecule has 3 rings (SSSR count). The van der Waals surface area contributed by atoms with Crippen LogP contribution in [-0.2, 0) is 6.54 Å². The van der Waals surface area contributed by atoms with Crippen LogP contribution in [0, 0.1) is 11.3 Å². The Kier molecular flexibility index (Phi) is 3.58. The second kappa shape index (κ2) is 5.40. The average Bonchev–Trinajstić information content (AvgIpc) is 3.08. The number of aliphatic hydroxyl groups excluding tert-OH is 1. The number of nitriles is 1. The van der Waals surface area contributed by atoms with Gasteiger partial charge in [0, 0.05) is 23.8 Å². The Balaban J connectivity index is 2.00. The molecule has 0 saturated carbocycles. The zero-order chi connectivity index (χ0) is 14.9. The molecule has 2 unspecified atom stereocenters. The van der Waals surface area contributed by atoms with E-state index in [1.165, 1.54) is 0 Å². The number of benzene rings is 1. The summed E-state index contributed by atoms with van der Waals surface area (Å²) >= 11 is 1.65. The van der Waals surface area contributed by atoms with Crippen LogP contribution in [0.5, 0.6) is 0 Å². The maximum Gasteiger partial charge on any atom is 0.0991 e. The van der Waals surface area contributed by atoms with Crippen molar-refractivity contribution in [1.82, 2.24) is 9.55 Å². The monoisotopic (exact) mass is 297 g/mol. The smallest absolute Gasteiger partial charge is 0.0991 e. The molecule has 1 aromatic heterocycles. The van der Waals surface area contributed by atoms with Gasteiger partial charge in [0.1, 0.15) is 0 Å². The summed E-state index contributed by atoms with van der Waals surface area (Å²) in [6.45, 7) is 4.47. The lowest BCUT2D eigenvalue weighted by atomic mass is 9.91. The largest absolute Gasteiger partial charge is 0.387 e. The molecule has 2 heterocycles. The SMILES string of the molecule is C=CCC1(Cn2ccnc2)Sc2ccc(C#N)cc2C1O. The fraction of sp³-hybridized carbons (Fsp3) is 0.250. The van der Waals surface area contributed by atoms with Crippen LogP contribution < -0.4 is 0 Å². The zero-order valence-corrected chi connectivity index (χ0v) is 12.3. The van der Waals surface area contributed by atoms with Gasteiger partial charge in [-0.3, -0.25) is 0 Å². The number of hydrogen-bond donors (Lipinski definition) is 1. The van der Waals surface area contributed by atoms with Gasteiger partial charge in [0.25, 0.3) is 0 Å². The third-order valence-electron chi connectivity index (χ3n) is 3.74. The Bertz CT molecular complexity index is 705. The molecule has 0 spiro atoms. The van der Waals surface area contributed by atoms with Gasteiger partial charge >= 0.3 is 0 Å². The summed E-state index contributed by atoms with van der Waals surface area (Å²) in [6, 6.07) is 7.62. The van der Waals surface area contributed by atoms with Gasteiger partial charge in [-0.05, 0) is 30.2 Å². The molecule has 1 aliphatic heterocycles. The van der Waals surface area contributed by atoms with Gasteiger partial charge in [-0.1, -0.05) is 6.08 Å². The van der Waals surface area contributed by atoms with Gasteiger partial charge in [-0.25, -0.2) is 4.98 Å². The predicted octanol–water partition coefficient (Wildman–Crippen LogP) is 2.91. The minimum absolute atomic E-state index is 0.404. The minimum Gasteiger partial charge on any atom is -0.387 e. The maximum absolute atomic E-state index is 10.8. The Hall–Kier alpha value is -2.03. The van der Waals surface area contributed by atoms with E-state index in [9.17, 15) is 5.11 Å². The average molecular weight is 297 g/mol. The first kappa shape index (κ1) is 13.9. The highest BCUT2D eigenvalue weighted by Gasteiger charge is 2.46. The summed E-state index contributed by atoms with van der Waals surface area (Å²) in [7, 11) is 0. The number of rotatable bonds is 4. The van der Waals surface area contributed by atoms with E-state index < -0.39 is 10.9 Å².